The summed E-state index contributed by atoms with van der Waals surface area (Å²) in [5, 5.41) is 13.6. The average Bonchev–Trinajstić information content (AvgIpc) is 2.72. The van der Waals surface area contributed by atoms with Crippen LogP contribution in [0.15, 0.2) is 42.5 Å². The van der Waals surface area contributed by atoms with Crippen LogP contribution in [0, 0.1) is 10.1 Å². The maximum absolute atomic E-state index is 12.2. The van der Waals surface area contributed by atoms with Crippen molar-refractivity contribution < 1.29 is 14.5 Å². The summed E-state index contributed by atoms with van der Waals surface area (Å²) in [6.45, 7) is 1.56. The van der Waals surface area contributed by atoms with Gasteiger partial charge in [-0.3, -0.25) is 14.9 Å². The van der Waals surface area contributed by atoms with Crippen LogP contribution in [0.4, 0.5) is 11.4 Å². The van der Waals surface area contributed by atoms with Crippen LogP contribution in [0.2, 0.25) is 0 Å². The molecule has 1 N–H and O–H groups in total. The van der Waals surface area contributed by atoms with Crippen LogP contribution in [0.3, 0.4) is 0 Å². The van der Waals surface area contributed by atoms with Crippen molar-refractivity contribution in [2.75, 3.05) is 32.1 Å². The van der Waals surface area contributed by atoms with E-state index in [1.807, 2.05) is 12.1 Å². The summed E-state index contributed by atoms with van der Waals surface area (Å²) in [5.41, 5.74) is 2.25. The number of benzene rings is 2. The molecule has 0 saturated carbocycles. The molecule has 0 unspecified atom stereocenters. The second-order valence-corrected chi connectivity index (χ2v) is 6.58. The second kappa shape index (κ2) is 8.07. The highest BCUT2D eigenvalue weighted by molar-refractivity contribution is 6.00. The number of carbonyl (C=O) groups excluding carboxylic acids is 1. The van der Waals surface area contributed by atoms with E-state index in [9.17, 15) is 14.9 Å². The lowest BCUT2D eigenvalue weighted by Gasteiger charge is -2.34. The lowest BCUT2D eigenvalue weighted by molar-refractivity contribution is -0.384. The second-order valence-electron chi connectivity index (χ2n) is 6.58. The number of anilines is 1. The number of nitro benzene ring substituents is 1. The molecular formula is C20H23N3O4. The lowest BCUT2D eigenvalue weighted by atomic mass is 9.89. The molecule has 1 aliphatic heterocycles. The number of nitro groups is 1. The van der Waals surface area contributed by atoms with Gasteiger partial charge in [0.1, 0.15) is 5.75 Å². The average molecular weight is 369 g/mol. The number of ether oxygens (including phenoxy) is 1. The van der Waals surface area contributed by atoms with Gasteiger partial charge in [0, 0.05) is 32.3 Å². The fourth-order valence-electron chi connectivity index (χ4n) is 3.58. The molecule has 1 saturated heterocycles. The SMILES string of the molecule is CNC(=O)c1cc([N+](=O)[O-])ccc1N1CCC(c2cccc(OC)c2)CC1. The van der Waals surface area contributed by atoms with Crippen molar-refractivity contribution >= 4 is 17.3 Å². The Kier molecular flexibility index (Phi) is 5.59. The van der Waals surface area contributed by atoms with Gasteiger partial charge in [-0.1, -0.05) is 12.1 Å². The third-order valence-corrected chi connectivity index (χ3v) is 5.06. The van der Waals surface area contributed by atoms with E-state index in [4.69, 9.17) is 4.74 Å². The monoisotopic (exact) mass is 369 g/mol. The van der Waals surface area contributed by atoms with E-state index in [-0.39, 0.29) is 11.6 Å². The molecule has 2 aromatic carbocycles. The summed E-state index contributed by atoms with van der Waals surface area (Å²) >= 11 is 0. The number of carbonyl (C=O) groups is 1. The Morgan fingerprint density at radius 2 is 1.96 bits per heavy atom. The van der Waals surface area contributed by atoms with Gasteiger partial charge in [0.2, 0.25) is 0 Å². The molecule has 7 nitrogen and oxygen atoms in total. The van der Waals surface area contributed by atoms with Crippen molar-refractivity contribution in [3.05, 3.63) is 63.7 Å². The fourth-order valence-corrected chi connectivity index (χ4v) is 3.58. The molecule has 0 atom stereocenters. The van der Waals surface area contributed by atoms with Crippen LogP contribution in [0.5, 0.6) is 5.75 Å². The van der Waals surface area contributed by atoms with Crippen LogP contribution >= 0.6 is 0 Å². The molecule has 0 spiro atoms. The van der Waals surface area contributed by atoms with Crippen molar-refractivity contribution in [1.29, 1.82) is 0 Å². The first-order chi connectivity index (χ1) is 13.0. The molecule has 1 aliphatic rings. The van der Waals surface area contributed by atoms with Crippen molar-refractivity contribution in [1.82, 2.24) is 5.32 Å². The topological polar surface area (TPSA) is 84.7 Å². The smallest absolute Gasteiger partial charge is 0.270 e. The zero-order chi connectivity index (χ0) is 19.4. The molecule has 1 heterocycles. The van der Waals surface area contributed by atoms with Gasteiger partial charge in [-0.2, -0.15) is 0 Å². The number of piperidine rings is 1. The maximum Gasteiger partial charge on any atom is 0.270 e. The standard InChI is InChI=1S/C20H23N3O4/c1-21-20(24)18-13-16(23(25)26)6-7-19(18)22-10-8-14(9-11-22)15-4-3-5-17(12-15)27-2/h3-7,12-14H,8-11H2,1-2H3,(H,21,24). The van der Waals surface area contributed by atoms with Gasteiger partial charge >= 0.3 is 0 Å². The highest BCUT2D eigenvalue weighted by Gasteiger charge is 2.25. The number of methoxy groups -OCH3 is 1. The molecule has 0 bridgehead atoms. The van der Waals surface area contributed by atoms with Crippen LogP contribution in [0.25, 0.3) is 0 Å². The van der Waals surface area contributed by atoms with Gasteiger partial charge in [-0.15, -0.1) is 0 Å². The first-order valence-electron chi connectivity index (χ1n) is 8.93. The Balaban J connectivity index is 1.79. The number of nitrogens with one attached hydrogen (secondary N) is 1. The predicted molar refractivity (Wildman–Crippen MR) is 104 cm³/mol. The molecule has 27 heavy (non-hydrogen) atoms. The van der Waals surface area contributed by atoms with Gasteiger partial charge in [-0.05, 0) is 42.5 Å². The van der Waals surface area contributed by atoms with Crippen LogP contribution < -0.4 is 15.0 Å². The van der Waals surface area contributed by atoms with Crippen LogP contribution in [-0.2, 0) is 0 Å². The molecular weight excluding hydrogens is 346 g/mol. The zero-order valence-corrected chi connectivity index (χ0v) is 15.5. The Morgan fingerprint density at radius 1 is 1.22 bits per heavy atom. The first kappa shape index (κ1) is 18.7. The Bertz CT molecular complexity index is 845. The van der Waals surface area contributed by atoms with Crippen LogP contribution in [-0.4, -0.2) is 38.1 Å². The molecule has 0 aromatic heterocycles. The highest BCUT2D eigenvalue weighted by Crippen LogP contribution is 2.34. The van der Waals surface area contributed by atoms with Crippen molar-refractivity contribution in [2.24, 2.45) is 0 Å². The third-order valence-electron chi connectivity index (χ3n) is 5.06. The minimum absolute atomic E-state index is 0.0800. The van der Waals surface area contributed by atoms with Gasteiger partial charge in [-0.25, -0.2) is 0 Å². The minimum atomic E-state index is -0.481. The first-order valence-corrected chi connectivity index (χ1v) is 8.93. The summed E-state index contributed by atoms with van der Waals surface area (Å²) in [7, 11) is 3.19. The summed E-state index contributed by atoms with van der Waals surface area (Å²) in [4.78, 5) is 24.9. The van der Waals surface area contributed by atoms with Gasteiger partial charge in [0.15, 0.2) is 0 Å². The number of hydrogen-bond donors (Lipinski definition) is 1. The zero-order valence-electron chi connectivity index (χ0n) is 15.5. The van der Waals surface area contributed by atoms with Crippen molar-refractivity contribution in [3.63, 3.8) is 0 Å². The number of hydrogen-bond acceptors (Lipinski definition) is 5. The number of rotatable bonds is 5. The fraction of sp³-hybridized carbons (Fsp3) is 0.350. The van der Waals surface area contributed by atoms with E-state index in [1.165, 1.54) is 24.7 Å². The van der Waals surface area contributed by atoms with Crippen molar-refractivity contribution in [3.8, 4) is 5.75 Å². The lowest BCUT2D eigenvalue weighted by Crippen LogP contribution is -2.34. The van der Waals surface area contributed by atoms with Gasteiger partial charge in [0.05, 0.1) is 23.3 Å². The molecule has 1 amide bonds. The van der Waals surface area contributed by atoms with E-state index in [0.717, 1.165) is 37.4 Å². The molecule has 142 valence electrons. The Morgan fingerprint density at radius 3 is 2.59 bits per heavy atom. The highest BCUT2D eigenvalue weighted by atomic mass is 16.6. The molecule has 0 radical (unpaired) electrons. The van der Waals surface area contributed by atoms with E-state index < -0.39 is 4.92 Å². The summed E-state index contributed by atoms with van der Waals surface area (Å²) < 4.78 is 5.31. The minimum Gasteiger partial charge on any atom is -0.497 e. The Hall–Kier alpha value is -3.09. The number of amides is 1. The van der Waals surface area contributed by atoms with Crippen molar-refractivity contribution in [2.45, 2.75) is 18.8 Å². The molecule has 2 aromatic rings. The number of nitrogens with zero attached hydrogens (tertiary/aromatic N) is 2. The normalized spacial score (nSPS) is 14.7. The number of non-ortho nitro benzene ring substituents is 1. The molecule has 3 rings (SSSR count). The van der Waals surface area contributed by atoms with E-state index in [2.05, 4.69) is 22.3 Å². The van der Waals surface area contributed by atoms with E-state index in [1.54, 1.807) is 13.2 Å². The Labute approximate surface area is 158 Å². The van der Waals surface area contributed by atoms with Gasteiger partial charge < -0.3 is 15.0 Å². The van der Waals surface area contributed by atoms with E-state index >= 15 is 0 Å². The summed E-state index contributed by atoms with van der Waals surface area (Å²) in [5.74, 6) is 0.966. The van der Waals surface area contributed by atoms with Crippen LogP contribution in [0.1, 0.15) is 34.7 Å². The maximum atomic E-state index is 12.2. The summed E-state index contributed by atoms with van der Waals surface area (Å²) in [6.07, 6.45) is 1.88. The molecule has 7 heteroatoms. The molecule has 1 fully saturated rings. The summed E-state index contributed by atoms with van der Waals surface area (Å²) in [6, 6.07) is 12.6. The third kappa shape index (κ3) is 4.02. The molecule has 0 aliphatic carbocycles. The van der Waals surface area contributed by atoms with E-state index in [0.29, 0.717) is 11.5 Å². The quantitative estimate of drug-likeness (QED) is 0.645. The predicted octanol–water partition coefficient (Wildman–Crippen LogP) is 3.35. The largest absolute Gasteiger partial charge is 0.497 e. The van der Waals surface area contributed by atoms with Gasteiger partial charge in [0.25, 0.3) is 11.6 Å².